The van der Waals surface area contributed by atoms with Crippen LogP contribution in [-0.4, -0.2) is 25.5 Å². The molecule has 0 radical (unpaired) electrons. The Morgan fingerprint density at radius 1 is 1.15 bits per heavy atom. The molecule has 5 nitrogen and oxygen atoms in total. The summed E-state index contributed by atoms with van der Waals surface area (Å²) in [6.07, 6.45) is 10.00. The minimum Gasteiger partial charge on any atom is -0.481 e. The van der Waals surface area contributed by atoms with Crippen molar-refractivity contribution in [3.05, 3.63) is 42.5 Å². The molecule has 0 amide bonds. The highest BCUT2D eigenvalue weighted by Crippen LogP contribution is 2.50. The molecule has 2 aliphatic rings. The molecule has 0 saturated heterocycles. The second kappa shape index (κ2) is 8.35. The van der Waals surface area contributed by atoms with Gasteiger partial charge in [-0.25, -0.2) is 13.1 Å². The van der Waals surface area contributed by atoms with E-state index in [9.17, 15) is 13.2 Å². The summed E-state index contributed by atoms with van der Waals surface area (Å²) in [5.41, 5.74) is 0. The number of nitrogens with one attached hydrogen (secondary N) is 1. The number of carbonyl (C=O) groups is 1. The molecule has 26 heavy (non-hydrogen) atoms. The van der Waals surface area contributed by atoms with Crippen molar-refractivity contribution in [2.24, 2.45) is 17.8 Å². The van der Waals surface area contributed by atoms with E-state index in [4.69, 9.17) is 5.11 Å². The second-order valence-electron chi connectivity index (χ2n) is 7.45. The second-order valence-corrected chi connectivity index (χ2v) is 9.16. The number of rotatable bonds is 9. The van der Waals surface area contributed by atoms with Crippen molar-refractivity contribution in [3.8, 4) is 0 Å². The van der Waals surface area contributed by atoms with Gasteiger partial charge in [0, 0.05) is 12.5 Å². The topological polar surface area (TPSA) is 83.5 Å². The molecule has 1 aromatic rings. The lowest BCUT2D eigenvalue weighted by molar-refractivity contribution is -0.137. The average Bonchev–Trinajstić information content (AvgIpc) is 3.20. The Morgan fingerprint density at radius 2 is 1.88 bits per heavy atom. The summed E-state index contributed by atoms with van der Waals surface area (Å²) in [6, 6.07) is 8.57. The Hall–Kier alpha value is -1.66. The molecule has 0 aliphatic heterocycles. The molecule has 2 N–H and O–H groups in total. The van der Waals surface area contributed by atoms with Gasteiger partial charge >= 0.3 is 5.97 Å². The molecular weight excluding hydrogens is 350 g/mol. The highest BCUT2D eigenvalue weighted by molar-refractivity contribution is 7.89. The van der Waals surface area contributed by atoms with Crippen LogP contribution < -0.4 is 4.72 Å². The molecule has 0 heterocycles. The van der Waals surface area contributed by atoms with Crippen LogP contribution in [0, 0.1) is 17.8 Å². The molecule has 0 aromatic heterocycles. The highest BCUT2D eigenvalue weighted by Gasteiger charge is 2.48. The molecule has 2 saturated carbocycles. The van der Waals surface area contributed by atoms with Gasteiger partial charge in [0.05, 0.1) is 4.90 Å². The smallest absolute Gasteiger partial charge is 0.303 e. The van der Waals surface area contributed by atoms with Gasteiger partial charge in [0.2, 0.25) is 10.0 Å². The van der Waals surface area contributed by atoms with Gasteiger partial charge in [0.25, 0.3) is 0 Å². The molecule has 2 aliphatic carbocycles. The van der Waals surface area contributed by atoms with Crippen molar-refractivity contribution in [2.75, 3.05) is 0 Å². The Balaban J connectivity index is 1.60. The number of hydrogen-bond donors (Lipinski definition) is 2. The molecule has 1 aromatic carbocycles. The van der Waals surface area contributed by atoms with Gasteiger partial charge in [-0.15, -0.1) is 0 Å². The predicted octanol–water partition coefficient (Wildman–Crippen LogP) is 3.58. The molecule has 3 rings (SSSR count). The quantitative estimate of drug-likeness (QED) is 0.509. The normalized spacial score (nSPS) is 28.0. The summed E-state index contributed by atoms with van der Waals surface area (Å²) in [6.45, 7) is 0. The van der Waals surface area contributed by atoms with E-state index in [0.717, 1.165) is 25.7 Å². The minimum absolute atomic E-state index is 0.00243. The first-order valence-electron chi connectivity index (χ1n) is 9.41. The molecule has 4 atom stereocenters. The van der Waals surface area contributed by atoms with E-state index in [-0.39, 0.29) is 12.5 Å². The Kier molecular flexibility index (Phi) is 6.14. The SMILES string of the molecule is O=C(O)CCC/C=C\CC1C2CCC(C2)C1NS(=O)(=O)c1ccccc1. The van der Waals surface area contributed by atoms with Crippen LogP contribution in [0.4, 0.5) is 0 Å². The number of aliphatic carboxylic acids is 1. The van der Waals surface area contributed by atoms with Gasteiger partial charge in [-0.2, -0.15) is 0 Å². The summed E-state index contributed by atoms with van der Waals surface area (Å²) >= 11 is 0. The summed E-state index contributed by atoms with van der Waals surface area (Å²) in [5.74, 6) is 0.598. The van der Waals surface area contributed by atoms with Gasteiger partial charge in [-0.1, -0.05) is 30.4 Å². The average molecular weight is 378 g/mol. The maximum Gasteiger partial charge on any atom is 0.303 e. The zero-order chi connectivity index (χ0) is 18.6. The van der Waals surface area contributed by atoms with Crippen molar-refractivity contribution < 1.29 is 18.3 Å². The molecular formula is C20H27NO4S. The van der Waals surface area contributed by atoms with Crippen molar-refractivity contribution >= 4 is 16.0 Å². The number of hydrogen-bond acceptors (Lipinski definition) is 3. The predicted molar refractivity (Wildman–Crippen MR) is 100 cm³/mol. The molecule has 2 fully saturated rings. The minimum atomic E-state index is -3.49. The molecule has 4 unspecified atom stereocenters. The van der Waals surface area contributed by atoms with Crippen LogP contribution in [-0.2, 0) is 14.8 Å². The van der Waals surface area contributed by atoms with E-state index >= 15 is 0 Å². The van der Waals surface area contributed by atoms with Gasteiger partial charge in [0.1, 0.15) is 0 Å². The largest absolute Gasteiger partial charge is 0.481 e. The number of sulfonamides is 1. The lowest BCUT2D eigenvalue weighted by Crippen LogP contribution is -2.43. The first-order valence-corrected chi connectivity index (χ1v) is 10.9. The Morgan fingerprint density at radius 3 is 2.62 bits per heavy atom. The van der Waals surface area contributed by atoms with Gasteiger partial charge in [-0.3, -0.25) is 4.79 Å². The molecule has 6 heteroatoms. The van der Waals surface area contributed by atoms with Gasteiger partial charge in [-0.05, 0) is 68.4 Å². The third-order valence-electron chi connectivity index (χ3n) is 5.77. The number of fused-ring (bicyclic) bond motifs is 2. The fraction of sp³-hybridized carbons (Fsp3) is 0.550. The summed E-state index contributed by atoms with van der Waals surface area (Å²) < 4.78 is 28.4. The van der Waals surface area contributed by atoms with Gasteiger partial charge in [0.15, 0.2) is 0 Å². The zero-order valence-electron chi connectivity index (χ0n) is 14.9. The third kappa shape index (κ3) is 4.54. The van der Waals surface area contributed by atoms with Crippen LogP contribution in [0.2, 0.25) is 0 Å². The van der Waals surface area contributed by atoms with E-state index in [1.807, 2.05) is 12.1 Å². The number of unbranched alkanes of at least 4 members (excludes halogenated alkanes) is 1. The first-order chi connectivity index (χ1) is 12.5. The van der Waals surface area contributed by atoms with E-state index in [1.165, 1.54) is 6.42 Å². The molecule has 2 bridgehead atoms. The van der Waals surface area contributed by atoms with Crippen LogP contribution in [0.3, 0.4) is 0 Å². The van der Waals surface area contributed by atoms with Gasteiger partial charge < -0.3 is 5.11 Å². The third-order valence-corrected chi connectivity index (χ3v) is 7.24. The van der Waals surface area contributed by atoms with Crippen molar-refractivity contribution in [1.82, 2.24) is 4.72 Å². The van der Waals surface area contributed by atoms with Crippen LogP contribution in [0.25, 0.3) is 0 Å². The van der Waals surface area contributed by atoms with Crippen LogP contribution >= 0.6 is 0 Å². The Bertz CT molecular complexity index is 744. The van der Waals surface area contributed by atoms with Crippen LogP contribution in [0.5, 0.6) is 0 Å². The molecule has 0 spiro atoms. The lowest BCUT2D eigenvalue weighted by Gasteiger charge is -2.31. The van der Waals surface area contributed by atoms with E-state index in [2.05, 4.69) is 10.8 Å². The van der Waals surface area contributed by atoms with Crippen molar-refractivity contribution in [1.29, 1.82) is 0 Å². The van der Waals surface area contributed by atoms with Crippen molar-refractivity contribution in [3.63, 3.8) is 0 Å². The van der Waals surface area contributed by atoms with E-state index < -0.39 is 16.0 Å². The number of allylic oxidation sites excluding steroid dienone is 2. The maximum atomic E-state index is 12.7. The Labute approximate surface area is 155 Å². The fourth-order valence-electron chi connectivity index (χ4n) is 4.52. The zero-order valence-corrected chi connectivity index (χ0v) is 15.7. The lowest BCUT2D eigenvalue weighted by atomic mass is 9.83. The standard InChI is InChI=1S/C20H27NO4S/c22-19(23)11-7-2-1-6-10-18-15-12-13-16(14-15)20(18)21-26(24,25)17-8-4-3-5-9-17/h1,3-6,8-9,15-16,18,20-21H,2,7,10-14H2,(H,22,23)/b6-1-. The first kappa shape index (κ1) is 19.1. The highest BCUT2D eigenvalue weighted by atomic mass is 32.2. The summed E-state index contributed by atoms with van der Waals surface area (Å²) in [4.78, 5) is 10.9. The fourth-order valence-corrected chi connectivity index (χ4v) is 5.90. The maximum absolute atomic E-state index is 12.7. The summed E-state index contributed by atoms with van der Waals surface area (Å²) in [5, 5.41) is 8.66. The number of carboxylic acid groups (broad SMARTS) is 1. The van der Waals surface area contributed by atoms with E-state index in [0.29, 0.717) is 29.1 Å². The monoisotopic (exact) mass is 377 g/mol. The van der Waals surface area contributed by atoms with E-state index in [1.54, 1.807) is 24.3 Å². The van der Waals surface area contributed by atoms with Crippen LogP contribution in [0.15, 0.2) is 47.4 Å². The summed E-state index contributed by atoms with van der Waals surface area (Å²) in [7, 11) is -3.49. The van der Waals surface area contributed by atoms with Crippen molar-refractivity contribution in [2.45, 2.75) is 55.9 Å². The molecule has 142 valence electrons. The number of benzene rings is 1. The van der Waals surface area contributed by atoms with Crippen LogP contribution in [0.1, 0.15) is 44.9 Å². The number of carboxylic acids is 1.